The molecular weight excluding hydrogens is 357 g/mol. The molecule has 2 N–H and O–H groups in total. The lowest BCUT2D eigenvalue weighted by molar-refractivity contribution is -0.00783. The lowest BCUT2D eigenvalue weighted by Crippen LogP contribution is -2.33. The van der Waals surface area contributed by atoms with Crippen molar-refractivity contribution < 1.29 is 22.7 Å². The van der Waals surface area contributed by atoms with Gasteiger partial charge in [0, 0.05) is 5.92 Å². The first-order valence-corrected chi connectivity index (χ1v) is 10.3. The van der Waals surface area contributed by atoms with Crippen molar-refractivity contribution in [3.05, 3.63) is 53.2 Å². The summed E-state index contributed by atoms with van der Waals surface area (Å²) >= 11 is 0. The normalized spacial score (nSPS) is 27.3. The Hall–Kier alpha value is -1.54. The van der Waals surface area contributed by atoms with Gasteiger partial charge in [-0.3, -0.25) is 0 Å². The Labute approximate surface area is 153 Å². The van der Waals surface area contributed by atoms with Gasteiger partial charge in [-0.05, 0) is 62.7 Å². The van der Waals surface area contributed by atoms with Gasteiger partial charge in [0.1, 0.15) is 5.82 Å². The van der Waals surface area contributed by atoms with Gasteiger partial charge in [-0.15, -0.1) is 0 Å². The molecule has 4 atom stereocenters. The van der Waals surface area contributed by atoms with E-state index in [2.05, 4.69) is 5.32 Å². The number of allylic oxidation sites excluding steroid dienone is 1. The Kier molecular flexibility index (Phi) is 5.92. The van der Waals surface area contributed by atoms with Gasteiger partial charge < -0.3 is 15.2 Å². The van der Waals surface area contributed by atoms with Crippen LogP contribution in [0.4, 0.5) is 4.39 Å². The number of hydrogen-bond acceptors (Lipinski definition) is 5. The van der Waals surface area contributed by atoms with E-state index in [0.717, 1.165) is 25.6 Å². The van der Waals surface area contributed by atoms with Crippen LogP contribution >= 0.6 is 0 Å². The second-order valence-corrected chi connectivity index (χ2v) is 8.82. The molecule has 0 amide bonds. The fraction of sp³-hybridized carbons (Fsp3) is 0.474. The lowest BCUT2D eigenvalue weighted by Gasteiger charge is -2.30. The number of ether oxygens (including phenoxy) is 1. The predicted octanol–water partition coefficient (Wildman–Crippen LogP) is 2.04. The molecule has 0 radical (unpaired) electrons. The molecule has 1 aromatic rings. The minimum absolute atomic E-state index is 0.0372. The third-order valence-electron chi connectivity index (χ3n) is 4.78. The first-order chi connectivity index (χ1) is 12.4. The number of aliphatic hydroxyl groups excluding tert-OH is 1. The molecule has 1 fully saturated rings. The van der Waals surface area contributed by atoms with E-state index >= 15 is 0 Å². The molecule has 5 nitrogen and oxygen atoms in total. The van der Waals surface area contributed by atoms with E-state index in [1.807, 2.05) is 6.08 Å². The molecule has 1 aromatic carbocycles. The SMILES string of the molecule is CC(O)COC1C=C(S(=O)(=O)c2cccc(F)c2)C=CC1[C@@H]1CCNC1. The number of hydrogen-bond donors (Lipinski definition) is 2. The molecule has 0 bridgehead atoms. The lowest BCUT2D eigenvalue weighted by atomic mass is 9.84. The maximum absolute atomic E-state index is 13.5. The Morgan fingerprint density at radius 1 is 1.42 bits per heavy atom. The number of rotatable bonds is 6. The quantitative estimate of drug-likeness (QED) is 0.789. The van der Waals surface area contributed by atoms with Crippen LogP contribution in [0.5, 0.6) is 0 Å². The first kappa shape index (κ1) is 19.2. The Balaban J connectivity index is 1.89. The highest BCUT2D eigenvalue weighted by Crippen LogP contribution is 2.33. The van der Waals surface area contributed by atoms with E-state index in [9.17, 15) is 17.9 Å². The minimum Gasteiger partial charge on any atom is -0.391 e. The Morgan fingerprint density at radius 2 is 2.23 bits per heavy atom. The van der Waals surface area contributed by atoms with E-state index in [-0.39, 0.29) is 22.3 Å². The van der Waals surface area contributed by atoms with Crippen LogP contribution in [0.25, 0.3) is 0 Å². The zero-order chi connectivity index (χ0) is 18.7. The van der Waals surface area contributed by atoms with Gasteiger partial charge in [0.25, 0.3) is 0 Å². The second-order valence-electron chi connectivity index (χ2n) is 6.87. The average Bonchev–Trinajstić information content (AvgIpc) is 3.14. The molecule has 1 saturated heterocycles. The van der Waals surface area contributed by atoms with Crippen LogP contribution in [0.15, 0.2) is 52.3 Å². The van der Waals surface area contributed by atoms with Crippen molar-refractivity contribution in [3.8, 4) is 0 Å². The van der Waals surface area contributed by atoms with E-state index in [4.69, 9.17) is 4.74 Å². The molecule has 0 aromatic heterocycles. The molecule has 7 heteroatoms. The predicted molar refractivity (Wildman–Crippen MR) is 96.7 cm³/mol. The van der Waals surface area contributed by atoms with Crippen LogP contribution in [-0.2, 0) is 14.6 Å². The summed E-state index contributed by atoms with van der Waals surface area (Å²) in [5.74, 6) is -0.210. The van der Waals surface area contributed by atoms with Gasteiger partial charge in [-0.1, -0.05) is 12.1 Å². The highest BCUT2D eigenvalue weighted by atomic mass is 32.2. The average molecular weight is 381 g/mol. The Bertz CT molecular complexity index is 798. The summed E-state index contributed by atoms with van der Waals surface area (Å²) in [5, 5.41) is 12.8. The maximum Gasteiger partial charge on any atom is 0.206 e. The van der Waals surface area contributed by atoms with Gasteiger partial charge >= 0.3 is 0 Å². The van der Waals surface area contributed by atoms with E-state index in [0.29, 0.717) is 5.92 Å². The summed E-state index contributed by atoms with van der Waals surface area (Å²) in [5.41, 5.74) is 0. The largest absolute Gasteiger partial charge is 0.391 e. The number of aliphatic hydroxyl groups is 1. The number of halogens is 1. The molecule has 2 aliphatic rings. The second kappa shape index (κ2) is 8.00. The standard InChI is InChI=1S/C19H24FNO4S/c1-13(22)12-25-19-10-17(5-6-18(19)14-7-8-21-11-14)26(23,24)16-4-2-3-15(20)9-16/h2-6,9-10,13-14,18-19,21-22H,7-8,11-12H2,1H3/t13?,14-,18?,19?/m1/s1. The number of benzene rings is 1. The highest BCUT2D eigenvalue weighted by Gasteiger charge is 2.34. The molecule has 0 saturated carbocycles. The van der Waals surface area contributed by atoms with Crippen LogP contribution in [0.3, 0.4) is 0 Å². The summed E-state index contributed by atoms with van der Waals surface area (Å²) in [4.78, 5) is 0.0181. The van der Waals surface area contributed by atoms with Crippen molar-refractivity contribution in [1.29, 1.82) is 0 Å². The maximum atomic E-state index is 13.5. The van der Waals surface area contributed by atoms with Crippen LogP contribution in [0, 0.1) is 17.7 Å². The third kappa shape index (κ3) is 4.23. The molecular formula is C19H24FNO4S. The van der Waals surface area contributed by atoms with Gasteiger partial charge in [-0.2, -0.15) is 0 Å². The summed E-state index contributed by atoms with van der Waals surface area (Å²) in [6.07, 6.45) is 4.95. The van der Waals surface area contributed by atoms with Gasteiger partial charge in [-0.25, -0.2) is 12.8 Å². The van der Waals surface area contributed by atoms with Gasteiger partial charge in [0.2, 0.25) is 9.84 Å². The van der Waals surface area contributed by atoms with Crippen LogP contribution < -0.4 is 5.32 Å². The Morgan fingerprint density at radius 3 is 2.88 bits per heavy atom. The molecule has 26 heavy (non-hydrogen) atoms. The molecule has 3 unspecified atom stereocenters. The van der Waals surface area contributed by atoms with E-state index in [1.165, 1.54) is 18.2 Å². The third-order valence-corrected chi connectivity index (χ3v) is 6.55. The fourth-order valence-corrected chi connectivity index (χ4v) is 4.80. The van der Waals surface area contributed by atoms with Crippen LogP contribution in [0.1, 0.15) is 13.3 Å². The topological polar surface area (TPSA) is 75.6 Å². The molecule has 0 spiro atoms. The van der Waals surface area contributed by atoms with Crippen molar-refractivity contribution in [1.82, 2.24) is 5.32 Å². The molecule has 1 heterocycles. The zero-order valence-electron chi connectivity index (χ0n) is 14.6. The summed E-state index contributed by atoms with van der Waals surface area (Å²) in [6.45, 7) is 3.53. The highest BCUT2D eigenvalue weighted by molar-refractivity contribution is 7.95. The van der Waals surface area contributed by atoms with Crippen LogP contribution in [-0.4, -0.2) is 45.4 Å². The van der Waals surface area contributed by atoms with Gasteiger partial charge in [0.05, 0.1) is 28.6 Å². The van der Waals surface area contributed by atoms with Crippen LogP contribution in [0.2, 0.25) is 0 Å². The monoisotopic (exact) mass is 381 g/mol. The summed E-state index contributed by atoms with van der Waals surface area (Å²) < 4.78 is 45.0. The fourth-order valence-electron chi connectivity index (χ4n) is 3.43. The first-order valence-electron chi connectivity index (χ1n) is 8.79. The zero-order valence-corrected chi connectivity index (χ0v) is 15.5. The van der Waals surface area contributed by atoms with Gasteiger partial charge in [0.15, 0.2) is 0 Å². The summed E-state index contributed by atoms with van der Waals surface area (Å²) in [6, 6.07) is 4.99. The van der Waals surface area contributed by atoms with Crippen molar-refractivity contribution in [3.63, 3.8) is 0 Å². The molecule has 1 aliphatic carbocycles. The summed E-state index contributed by atoms with van der Waals surface area (Å²) in [7, 11) is -3.83. The molecule has 1 aliphatic heterocycles. The van der Waals surface area contributed by atoms with Crippen molar-refractivity contribution in [2.75, 3.05) is 19.7 Å². The van der Waals surface area contributed by atoms with Crippen molar-refractivity contribution in [2.45, 2.75) is 30.4 Å². The smallest absolute Gasteiger partial charge is 0.206 e. The molecule has 142 valence electrons. The van der Waals surface area contributed by atoms with E-state index < -0.39 is 27.9 Å². The molecule has 3 rings (SSSR count). The van der Waals surface area contributed by atoms with Crippen molar-refractivity contribution in [2.24, 2.45) is 11.8 Å². The number of sulfone groups is 1. The number of nitrogens with one attached hydrogen (secondary N) is 1. The van der Waals surface area contributed by atoms with Crippen molar-refractivity contribution >= 4 is 9.84 Å². The minimum atomic E-state index is -3.83. The van der Waals surface area contributed by atoms with E-state index in [1.54, 1.807) is 19.1 Å².